The zero-order valence-corrected chi connectivity index (χ0v) is 13.2. The fraction of sp³-hybridized carbons (Fsp3) is 0.375. The molecule has 23 heavy (non-hydrogen) atoms. The smallest absolute Gasteiger partial charge is 0.309 e. The van der Waals surface area contributed by atoms with Crippen LogP contribution < -0.4 is 10.6 Å². The first kappa shape index (κ1) is 17.0. The molecule has 0 saturated carbocycles. The van der Waals surface area contributed by atoms with Crippen molar-refractivity contribution in [2.45, 2.75) is 6.10 Å². The quantitative estimate of drug-likeness (QED) is 0.520. The molecule has 0 spiro atoms. The van der Waals surface area contributed by atoms with Gasteiger partial charge in [0.25, 0.3) is 0 Å². The predicted octanol–water partition coefficient (Wildman–Crippen LogP) is 0.0905. The summed E-state index contributed by atoms with van der Waals surface area (Å²) in [5, 5.41) is 16.1. The maximum atomic E-state index is 11.7. The molecule has 2 aromatic rings. The average Bonchev–Trinajstić information content (AvgIpc) is 2.90. The van der Waals surface area contributed by atoms with E-state index in [9.17, 15) is 14.7 Å². The summed E-state index contributed by atoms with van der Waals surface area (Å²) in [6, 6.07) is 7.67. The Kier molecular flexibility index (Phi) is 5.72. The Labute approximate surface area is 134 Å². The maximum absolute atomic E-state index is 11.7. The van der Waals surface area contributed by atoms with Crippen LogP contribution >= 0.6 is 0 Å². The number of aryl methyl sites for hydroxylation is 1. The van der Waals surface area contributed by atoms with Crippen LogP contribution in [0.2, 0.25) is 0 Å². The van der Waals surface area contributed by atoms with Crippen LogP contribution in [0.5, 0.6) is 0 Å². The number of amides is 2. The third kappa shape index (κ3) is 4.08. The van der Waals surface area contributed by atoms with Crippen LogP contribution in [0, 0.1) is 0 Å². The summed E-state index contributed by atoms with van der Waals surface area (Å²) < 4.78 is 6.69. The van der Waals surface area contributed by atoms with Crippen molar-refractivity contribution in [3.63, 3.8) is 0 Å². The molecule has 2 rings (SSSR count). The van der Waals surface area contributed by atoms with E-state index in [1.54, 1.807) is 0 Å². The molecule has 3 N–H and O–H groups in total. The minimum absolute atomic E-state index is 0.0372. The number of carbonyl (C=O) groups is 2. The number of hydrogen-bond donors (Lipinski definition) is 3. The van der Waals surface area contributed by atoms with Gasteiger partial charge in [-0.25, -0.2) is 0 Å². The molecule has 0 saturated heterocycles. The third-order valence-corrected chi connectivity index (χ3v) is 3.54. The number of aromatic nitrogens is 1. The first-order valence-corrected chi connectivity index (χ1v) is 7.31. The van der Waals surface area contributed by atoms with Gasteiger partial charge >= 0.3 is 11.8 Å². The van der Waals surface area contributed by atoms with Crippen molar-refractivity contribution >= 4 is 22.7 Å². The summed E-state index contributed by atoms with van der Waals surface area (Å²) in [7, 11) is 3.40. The normalized spacial score (nSPS) is 12.1. The summed E-state index contributed by atoms with van der Waals surface area (Å²) in [6.07, 6.45) is 0.928. The number of ether oxygens (including phenoxy) is 1. The van der Waals surface area contributed by atoms with Gasteiger partial charge in [0.2, 0.25) is 0 Å². The van der Waals surface area contributed by atoms with E-state index < -0.39 is 17.9 Å². The summed E-state index contributed by atoms with van der Waals surface area (Å²) >= 11 is 0. The van der Waals surface area contributed by atoms with Crippen LogP contribution in [0.25, 0.3) is 10.9 Å². The van der Waals surface area contributed by atoms with Crippen LogP contribution in [0.1, 0.15) is 11.7 Å². The van der Waals surface area contributed by atoms with E-state index in [-0.39, 0.29) is 13.1 Å². The highest BCUT2D eigenvalue weighted by Gasteiger charge is 2.18. The lowest BCUT2D eigenvalue weighted by atomic mass is 10.1. The lowest BCUT2D eigenvalue weighted by Gasteiger charge is -2.11. The van der Waals surface area contributed by atoms with Crippen molar-refractivity contribution in [1.29, 1.82) is 0 Å². The minimum atomic E-state index is -0.892. The highest BCUT2D eigenvalue weighted by molar-refractivity contribution is 6.35. The Morgan fingerprint density at radius 3 is 2.70 bits per heavy atom. The van der Waals surface area contributed by atoms with Gasteiger partial charge in [-0.2, -0.15) is 0 Å². The van der Waals surface area contributed by atoms with E-state index in [4.69, 9.17) is 4.74 Å². The third-order valence-electron chi connectivity index (χ3n) is 3.54. The summed E-state index contributed by atoms with van der Waals surface area (Å²) in [5.41, 5.74) is 1.70. The van der Waals surface area contributed by atoms with E-state index in [1.807, 2.05) is 42.1 Å². The van der Waals surface area contributed by atoms with E-state index in [0.717, 1.165) is 10.9 Å². The second-order valence-electron chi connectivity index (χ2n) is 5.19. The van der Waals surface area contributed by atoms with Crippen LogP contribution in [-0.2, 0) is 21.4 Å². The topological polar surface area (TPSA) is 92.6 Å². The fourth-order valence-electron chi connectivity index (χ4n) is 2.37. The number of benzene rings is 1. The predicted molar refractivity (Wildman–Crippen MR) is 85.8 cm³/mol. The number of carbonyl (C=O) groups excluding carboxylic acids is 2. The fourth-order valence-corrected chi connectivity index (χ4v) is 2.37. The molecule has 1 heterocycles. The molecular weight excluding hydrogens is 298 g/mol. The Morgan fingerprint density at radius 2 is 1.96 bits per heavy atom. The molecular formula is C16H21N3O4. The second-order valence-corrected chi connectivity index (χ2v) is 5.19. The molecule has 0 aliphatic rings. The number of rotatable bonds is 6. The van der Waals surface area contributed by atoms with Gasteiger partial charge in [-0.1, -0.05) is 18.2 Å². The number of nitrogens with zero attached hydrogens (tertiary/aromatic N) is 1. The van der Waals surface area contributed by atoms with Gasteiger partial charge in [0, 0.05) is 49.9 Å². The molecule has 2 amide bonds. The van der Waals surface area contributed by atoms with Gasteiger partial charge < -0.3 is 25.0 Å². The molecule has 7 nitrogen and oxygen atoms in total. The van der Waals surface area contributed by atoms with Gasteiger partial charge in [0.15, 0.2) is 0 Å². The standard InChI is InChI=1S/C16H21N3O4/c1-19-10-12(11-5-3-4-6-13(11)19)14(20)9-18-16(22)15(21)17-7-8-23-2/h3-6,10,14,20H,7-9H2,1-2H3,(H,17,21)(H,18,22). The molecule has 0 fully saturated rings. The van der Waals surface area contributed by atoms with Crippen molar-refractivity contribution in [2.24, 2.45) is 7.05 Å². The lowest BCUT2D eigenvalue weighted by molar-refractivity contribution is -0.139. The number of aliphatic hydroxyl groups is 1. The van der Waals surface area contributed by atoms with Crippen molar-refractivity contribution in [3.8, 4) is 0 Å². The number of hydrogen-bond acceptors (Lipinski definition) is 4. The highest BCUT2D eigenvalue weighted by atomic mass is 16.5. The summed E-state index contributed by atoms with van der Waals surface area (Å²) in [6.45, 7) is 0.552. The number of aliphatic hydroxyl groups excluding tert-OH is 1. The first-order valence-electron chi connectivity index (χ1n) is 7.31. The molecule has 7 heteroatoms. The monoisotopic (exact) mass is 319 g/mol. The van der Waals surface area contributed by atoms with Gasteiger partial charge in [-0.3, -0.25) is 9.59 Å². The lowest BCUT2D eigenvalue weighted by Crippen LogP contribution is -2.42. The molecule has 0 radical (unpaired) electrons. The van der Waals surface area contributed by atoms with Crippen LogP contribution in [-0.4, -0.2) is 48.3 Å². The zero-order chi connectivity index (χ0) is 16.8. The molecule has 124 valence electrons. The van der Waals surface area contributed by atoms with E-state index in [0.29, 0.717) is 12.2 Å². The van der Waals surface area contributed by atoms with Crippen LogP contribution in [0.3, 0.4) is 0 Å². The average molecular weight is 319 g/mol. The molecule has 0 aliphatic carbocycles. The van der Waals surface area contributed by atoms with Crippen molar-refractivity contribution in [1.82, 2.24) is 15.2 Å². The molecule has 0 bridgehead atoms. The molecule has 1 atom stereocenters. The number of fused-ring (bicyclic) bond motifs is 1. The highest BCUT2D eigenvalue weighted by Crippen LogP contribution is 2.25. The maximum Gasteiger partial charge on any atom is 0.309 e. The summed E-state index contributed by atoms with van der Waals surface area (Å²) in [4.78, 5) is 23.2. The van der Waals surface area contributed by atoms with Gasteiger partial charge in [0.05, 0.1) is 12.7 Å². The van der Waals surface area contributed by atoms with Crippen LogP contribution in [0.15, 0.2) is 30.5 Å². The molecule has 1 aromatic carbocycles. The molecule has 1 unspecified atom stereocenters. The van der Waals surface area contributed by atoms with Crippen molar-refractivity contribution in [2.75, 3.05) is 26.8 Å². The Morgan fingerprint density at radius 1 is 1.26 bits per heavy atom. The van der Waals surface area contributed by atoms with Gasteiger partial charge in [-0.15, -0.1) is 0 Å². The van der Waals surface area contributed by atoms with E-state index in [2.05, 4.69) is 10.6 Å². The van der Waals surface area contributed by atoms with Crippen LogP contribution in [0.4, 0.5) is 0 Å². The number of nitrogens with one attached hydrogen (secondary N) is 2. The number of methoxy groups -OCH3 is 1. The van der Waals surface area contributed by atoms with Crippen molar-refractivity contribution < 1.29 is 19.4 Å². The Bertz CT molecular complexity index is 696. The second kappa shape index (κ2) is 7.75. The number of para-hydroxylation sites is 1. The van der Waals surface area contributed by atoms with E-state index >= 15 is 0 Å². The largest absolute Gasteiger partial charge is 0.386 e. The van der Waals surface area contributed by atoms with E-state index in [1.165, 1.54) is 7.11 Å². The van der Waals surface area contributed by atoms with Gasteiger partial charge in [0.1, 0.15) is 0 Å². The Hall–Kier alpha value is -2.38. The first-order chi connectivity index (χ1) is 11.0. The Balaban J connectivity index is 1.95. The molecule has 1 aromatic heterocycles. The minimum Gasteiger partial charge on any atom is -0.386 e. The summed E-state index contributed by atoms with van der Waals surface area (Å²) in [5.74, 6) is -1.52. The van der Waals surface area contributed by atoms with Crippen molar-refractivity contribution in [3.05, 3.63) is 36.0 Å². The zero-order valence-electron chi connectivity index (χ0n) is 13.2. The SMILES string of the molecule is COCCNC(=O)C(=O)NCC(O)c1cn(C)c2ccccc12. The van der Waals surface area contributed by atoms with Gasteiger partial charge in [-0.05, 0) is 6.07 Å². The molecule has 0 aliphatic heterocycles.